The van der Waals surface area contributed by atoms with Gasteiger partial charge in [-0.25, -0.2) is 0 Å². The van der Waals surface area contributed by atoms with E-state index in [0.717, 1.165) is 32.5 Å². The molecule has 3 N–H and O–H groups in total. The minimum Gasteiger partial charge on any atom is -0.356 e. The SMILES string of the molecule is CN1CCC(CNC(=O)CC2(N)CCC2)CC1. The van der Waals surface area contributed by atoms with E-state index in [2.05, 4.69) is 17.3 Å². The second-order valence-electron chi connectivity index (χ2n) is 5.94. The van der Waals surface area contributed by atoms with Crippen LogP contribution in [-0.2, 0) is 4.79 Å². The number of carbonyl (C=O) groups is 1. The molecule has 2 rings (SSSR count). The minimum absolute atomic E-state index is 0.145. The molecule has 2 fully saturated rings. The van der Waals surface area contributed by atoms with Gasteiger partial charge in [-0.3, -0.25) is 4.79 Å². The second-order valence-corrected chi connectivity index (χ2v) is 5.94. The largest absolute Gasteiger partial charge is 0.356 e. The standard InChI is InChI=1S/C13H25N3O/c1-16-7-3-11(4-8-16)10-15-12(17)9-13(14)5-2-6-13/h11H,2-10,14H2,1H3,(H,15,17). The van der Waals surface area contributed by atoms with E-state index in [1.165, 1.54) is 19.3 Å². The number of nitrogens with two attached hydrogens (primary N) is 1. The van der Waals surface area contributed by atoms with Crippen molar-refractivity contribution in [2.45, 2.75) is 44.1 Å². The van der Waals surface area contributed by atoms with Crippen molar-refractivity contribution in [3.05, 3.63) is 0 Å². The van der Waals surface area contributed by atoms with Crippen LogP contribution >= 0.6 is 0 Å². The third-order valence-corrected chi connectivity index (χ3v) is 4.29. The maximum Gasteiger partial charge on any atom is 0.221 e. The zero-order valence-corrected chi connectivity index (χ0v) is 10.9. The summed E-state index contributed by atoms with van der Waals surface area (Å²) in [6, 6.07) is 0. The summed E-state index contributed by atoms with van der Waals surface area (Å²) in [5, 5.41) is 3.05. The molecule has 1 aliphatic heterocycles. The van der Waals surface area contributed by atoms with Crippen LogP contribution in [0.2, 0.25) is 0 Å². The summed E-state index contributed by atoms with van der Waals surface area (Å²) in [6.45, 7) is 3.14. The molecule has 1 amide bonds. The highest BCUT2D eigenvalue weighted by molar-refractivity contribution is 5.77. The average molecular weight is 239 g/mol. The lowest BCUT2D eigenvalue weighted by Gasteiger charge is -2.37. The van der Waals surface area contributed by atoms with Gasteiger partial charge in [0.15, 0.2) is 0 Å². The number of hydrogen-bond acceptors (Lipinski definition) is 3. The molecule has 0 aromatic carbocycles. The lowest BCUT2D eigenvalue weighted by atomic mass is 9.75. The van der Waals surface area contributed by atoms with Crippen molar-refractivity contribution < 1.29 is 4.79 Å². The van der Waals surface area contributed by atoms with Crippen LogP contribution in [0.25, 0.3) is 0 Å². The van der Waals surface area contributed by atoms with Crippen molar-refractivity contribution in [1.82, 2.24) is 10.2 Å². The van der Waals surface area contributed by atoms with Crippen molar-refractivity contribution in [2.24, 2.45) is 11.7 Å². The molecule has 0 bridgehead atoms. The minimum atomic E-state index is -0.184. The van der Waals surface area contributed by atoms with Crippen molar-refractivity contribution in [2.75, 3.05) is 26.7 Å². The lowest BCUT2D eigenvalue weighted by Crippen LogP contribution is -2.50. The van der Waals surface area contributed by atoms with Crippen LogP contribution in [0.1, 0.15) is 38.5 Å². The van der Waals surface area contributed by atoms with Crippen molar-refractivity contribution in [1.29, 1.82) is 0 Å². The molecule has 0 spiro atoms. The summed E-state index contributed by atoms with van der Waals surface area (Å²) in [7, 11) is 2.16. The van der Waals surface area contributed by atoms with E-state index in [9.17, 15) is 4.79 Å². The number of nitrogens with zero attached hydrogens (tertiary/aromatic N) is 1. The molecule has 17 heavy (non-hydrogen) atoms. The van der Waals surface area contributed by atoms with Crippen molar-refractivity contribution in [3.8, 4) is 0 Å². The van der Waals surface area contributed by atoms with Gasteiger partial charge in [0.25, 0.3) is 0 Å². The van der Waals surface area contributed by atoms with Gasteiger partial charge >= 0.3 is 0 Å². The molecule has 1 saturated carbocycles. The highest BCUT2D eigenvalue weighted by Crippen LogP contribution is 2.31. The van der Waals surface area contributed by atoms with Gasteiger partial charge in [0.2, 0.25) is 5.91 Å². The van der Waals surface area contributed by atoms with E-state index in [0.29, 0.717) is 12.3 Å². The first-order valence-electron chi connectivity index (χ1n) is 6.81. The zero-order valence-electron chi connectivity index (χ0n) is 10.9. The number of hydrogen-bond donors (Lipinski definition) is 2. The molecular formula is C13H25N3O. The molecule has 0 unspecified atom stereocenters. The topological polar surface area (TPSA) is 58.4 Å². The monoisotopic (exact) mass is 239 g/mol. The predicted octanol–water partition coefficient (Wildman–Crippen LogP) is 0.716. The Morgan fingerprint density at radius 2 is 2.06 bits per heavy atom. The molecule has 1 heterocycles. The van der Waals surface area contributed by atoms with Crippen molar-refractivity contribution in [3.63, 3.8) is 0 Å². The van der Waals surface area contributed by atoms with Gasteiger partial charge in [-0.15, -0.1) is 0 Å². The Labute approximate surface area is 104 Å². The Bertz CT molecular complexity index is 268. The fraction of sp³-hybridized carbons (Fsp3) is 0.923. The molecule has 2 aliphatic rings. The maximum atomic E-state index is 11.8. The van der Waals surface area contributed by atoms with E-state index in [1.807, 2.05) is 0 Å². The molecular weight excluding hydrogens is 214 g/mol. The number of carbonyl (C=O) groups excluding carboxylic acids is 1. The summed E-state index contributed by atoms with van der Waals surface area (Å²) in [4.78, 5) is 14.1. The number of rotatable bonds is 4. The number of amides is 1. The molecule has 1 aliphatic carbocycles. The summed E-state index contributed by atoms with van der Waals surface area (Å²) in [5.41, 5.74) is 5.88. The quantitative estimate of drug-likeness (QED) is 0.760. The highest BCUT2D eigenvalue weighted by Gasteiger charge is 2.34. The van der Waals surface area contributed by atoms with Crippen LogP contribution in [-0.4, -0.2) is 43.0 Å². The van der Waals surface area contributed by atoms with E-state index in [4.69, 9.17) is 5.73 Å². The Balaban J connectivity index is 1.62. The third kappa shape index (κ3) is 3.68. The molecule has 98 valence electrons. The number of nitrogens with one attached hydrogen (secondary N) is 1. The molecule has 1 saturated heterocycles. The molecule has 0 radical (unpaired) electrons. The van der Waals surface area contributed by atoms with Gasteiger partial charge in [-0.1, -0.05) is 0 Å². The number of likely N-dealkylation sites (tertiary alicyclic amines) is 1. The maximum absolute atomic E-state index is 11.8. The Morgan fingerprint density at radius 1 is 1.41 bits per heavy atom. The van der Waals surface area contributed by atoms with Crippen LogP contribution in [0.5, 0.6) is 0 Å². The molecule has 0 aromatic heterocycles. The van der Waals surface area contributed by atoms with Crippen LogP contribution in [0, 0.1) is 5.92 Å². The molecule has 4 heteroatoms. The molecule has 0 atom stereocenters. The van der Waals surface area contributed by atoms with Gasteiger partial charge in [0, 0.05) is 18.5 Å². The summed E-state index contributed by atoms with van der Waals surface area (Å²) in [6.07, 6.45) is 6.11. The Kier molecular flexibility index (Phi) is 4.05. The third-order valence-electron chi connectivity index (χ3n) is 4.29. The first-order valence-corrected chi connectivity index (χ1v) is 6.81. The molecule has 4 nitrogen and oxygen atoms in total. The Morgan fingerprint density at radius 3 is 2.59 bits per heavy atom. The fourth-order valence-electron chi connectivity index (χ4n) is 2.71. The van der Waals surface area contributed by atoms with Gasteiger partial charge in [-0.05, 0) is 58.2 Å². The lowest BCUT2D eigenvalue weighted by molar-refractivity contribution is -0.123. The van der Waals surface area contributed by atoms with Gasteiger partial charge in [-0.2, -0.15) is 0 Å². The van der Waals surface area contributed by atoms with Crippen LogP contribution in [0.15, 0.2) is 0 Å². The van der Waals surface area contributed by atoms with Crippen LogP contribution in [0.3, 0.4) is 0 Å². The van der Waals surface area contributed by atoms with E-state index < -0.39 is 0 Å². The average Bonchev–Trinajstić information content (AvgIpc) is 2.26. The van der Waals surface area contributed by atoms with E-state index in [-0.39, 0.29) is 11.4 Å². The smallest absolute Gasteiger partial charge is 0.221 e. The van der Waals surface area contributed by atoms with E-state index in [1.54, 1.807) is 0 Å². The highest BCUT2D eigenvalue weighted by atomic mass is 16.1. The van der Waals surface area contributed by atoms with Gasteiger partial charge in [0.05, 0.1) is 0 Å². The molecule has 0 aromatic rings. The zero-order chi connectivity index (χ0) is 12.3. The van der Waals surface area contributed by atoms with Crippen LogP contribution < -0.4 is 11.1 Å². The summed E-state index contributed by atoms with van der Waals surface area (Å²) >= 11 is 0. The van der Waals surface area contributed by atoms with Crippen molar-refractivity contribution >= 4 is 5.91 Å². The summed E-state index contributed by atoms with van der Waals surface area (Å²) < 4.78 is 0. The van der Waals surface area contributed by atoms with E-state index >= 15 is 0 Å². The predicted molar refractivity (Wildman–Crippen MR) is 68.6 cm³/mol. The summed E-state index contributed by atoms with van der Waals surface area (Å²) in [5.74, 6) is 0.802. The Hall–Kier alpha value is -0.610. The number of piperidine rings is 1. The normalized spacial score (nSPS) is 25.3. The van der Waals surface area contributed by atoms with Crippen LogP contribution in [0.4, 0.5) is 0 Å². The fourth-order valence-corrected chi connectivity index (χ4v) is 2.71. The van der Waals surface area contributed by atoms with Gasteiger partial charge in [0.1, 0.15) is 0 Å². The van der Waals surface area contributed by atoms with Gasteiger partial charge < -0.3 is 16.0 Å². The first-order chi connectivity index (χ1) is 8.07. The first kappa shape index (κ1) is 12.8. The second kappa shape index (κ2) is 5.36.